The van der Waals surface area contributed by atoms with Gasteiger partial charge in [0.25, 0.3) is 0 Å². The standard InChI is InChI=1S/C31H20Cl4N4O3/c1-13-26-30(41-38-13)24(28(36-26)17-9-7-15(32)11-20(17)34)23(19-5-3-4-6-22(19)40)25-29(18-10-8-16(33)12-21(18)35)37-27-14(2)39-42-31(25)27/h3-12,23,36-37,40H,1-2H3. The summed E-state index contributed by atoms with van der Waals surface area (Å²) >= 11 is 26.1. The normalized spacial score (nSPS) is 11.9. The lowest BCUT2D eigenvalue weighted by molar-refractivity contribution is 0.443. The van der Waals surface area contributed by atoms with Gasteiger partial charge in [-0.25, -0.2) is 0 Å². The van der Waals surface area contributed by atoms with Crippen molar-refractivity contribution in [3.63, 3.8) is 0 Å². The highest BCUT2D eigenvalue weighted by Gasteiger charge is 2.36. The van der Waals surface area contributed by atoms with Gasteiger partial charge >= 0.3 is 0 Å². The highest BCUT2D eigenvalue weighted by molar-refractivity contribution is 6.37. The van der Waals surface area contributed by atoms with Crippen LogP contribution in [0.1, 0.15) is 34.0 Å². The lowest BCUT2D eigenvalue weighted by atomic mass is 9.82. The van der Waals surface area contributed by atoms with Crippen molar-refractivity contribution in [2.24, 2.45) is 0 Å². The van der Waals surface area contributed by atoms with Crippen LogP contribution in [0.2, 0.25) is 20.1 Å². The Balaban J connectivity index is 1.65. The van der Waals surface area contributed by atoms with Gasteiger partial charge in [0.15, 0.2) is 11.2 Å². The minimum Gasteiger partial charge on any atom is -0.508 e. The van der Waals surface area contributed by atoms with Crippen LogP contribution in [0.4, 0.5) is 0 Å². The number of aromatic amines is 2. The summed E-state index contributed by atoms with van der Waals surface area (Å²) in [6.07, 6.45) is 0. The van der Waals surface area contributed by atoms with Crippen LogP contribution >= 0.6 is 46.4 Å². The molecule has 0 unspecified atom stereocenters. The molecule has 0 atom stereocenters. The molecule has 7 rings (SSSR count). The molecule has 0 spiro atoms. The third-order valence-corrected chi connectivity index (χ3v) is 8.58. The minimum absolute atomic E-state index is 0.0694. The number of nitrogens with one attached hydrogen (secondary N) is 2. The first-order chi connectivity index (χ1) is 20.2. The third-order valence-electron chi connectivity index (χ3n) is 7.48. The number of phenols is 1. The summed E-state index contributed by atoms with van der Waals surface area (Å²) in [7, 11) is 0. The monoisotopic (exact) mass is 636 g/mol. The SMILES string of the molecule is Cc1noc2c(C(c3ccccc3O)c3c(-c4ccc(Cl)cc4Cl)[nH]c4c(C)noc34)c(-c3ccc(Cl)cc3Cl)[nH]c12. The van der Waals surface area contributed by atoms with Gasteiger partial charge < -0.3 is 24.1 Å². The Hall–Kier alpha value is -3.88. The van der Waals surface area contributed by atoms with Crippen LogP contribution in [0.5, 0.6) is 5.75 Å². The Morgan fingerprint density at radius 1 is 0.690 bits per heavy atom. The summed E-state index contributed by atoms with van der Waals surface area (Å²) < 4.78 is 11.9. The van der Waals surface area contributed by atoms with Crippen molar-refractivity contribution in [2.75, 3.05) is 0 Å². The van der Waals surface area contributed by atoms with Crippen molar-refractivity contribution >= 4 is 68.6 Å². The van der Waals surface area contributed by atoms with E-state index < -0.39 is 5.92 Å². The van der Waals surface area contributed by atoms with Crippen LogP contribution in [0.3, 0.4) is 0 Å². The average Bonchev–Trinajstić information content (AvgIpc) is 3.69. The molecule has 7 nitrogen and oxygen atoms in total. The molecule has 0 aliphatic heterocycles. The van der Waals surface area contributed by atoms with E-state index in [9.17, 15) is 5.11 Å². The fraction of sp³-hybridized carbons (Fsp3) is 0.0968. The number of nitrogens with zero attached hydrogens (tertiary/aromatic N) is 2. The van der Waals surface area contributed by atoms with E-state index in [0.717, 1.165) is 0 Å². The van der Waals surface area contributed by atoms with Gasteiger partial charge in [-0.2, -0.15) is 0 Å². The molecule has 4 heterocycles. The molecule has 3 aromatic carbocycles. The number of aryl methyl sites for hydroxylation is 2. The van der Waals surface area contributed by atoms with E-state index in [-0.39, 0.29) is 5.75 Å². The number of para-hydroxylation sites is 1. The average molecular weight is 638 g/mol. The number of hydrogen-bond donors (Lipinski definition) is 3. The van der Waals surface area contributed by atoms with E-state index in [4.69, 9.17) is 55.4 Å². The molecule has 0 fully saturated rings. The summed E-state index contributed by atoms with van der Waals surface area (Å²) in [6, 6.07) is 17.7. The number of benzene rings is 3. The lowest BCUT2D eigenvalue weighted by Crippen LogP contribution is -2.06. The summed E-state index contributed by atoms with van der Waals surface area (Å²) in [5.74, 6) is -0.614. The molecular formula is C31H20Cl4N4O3. The second-order valence-corrected chi connectivity index (χ2v) is 11.7. The van der Waals surface area contributed by atoms with Gasteiger partial charge in [-0.3, -0.25) is 0 Å². The van der Waals surface area contributed by atoms with Crippen molar-refractivity contribution in [3.8, 4) is 28.3 Å². The Labute approximate surface area is 258 Å². The van der Waals surface area contributed by atoms with Crippen LogP contribution in [-0.4, -0.2) is 25.4 Å². The highest BCUT2D eigenvalue weighted by atomic mass is 35.5. The number of aromatic hydroxyl groups is 1. The molecule has 0 amide bonds. The van der Waals surface area contributed by atoms with Gasteiger partial charge in [0.1, 0.15) is 28.2 Å². The minimum atomic E-state index is -0.683. The first-order valence-electron chi connectivity index (χ1n) is 12.9. The quantitative estimate of drug-likeness (QED) is 0.174. The van der Waals surface area contributed by atoms with Gasteiger partial charge in [-0.05, 0) is 56.3 Å². The zero-order valence-electron chi connectivity index (χ0n) is 22.0. The molecule has 7 aromatic rings. The molecule has 0 aliphatic carbocycles. The summed E-state index contributed by atoms with van der Waals surface area (Å²) in [5, 5.41) is 21.7. The van der Waals surface area contributed by atoms with E-state index in [1.807, 2.05) is 38.1 Å². The van der Waals surface area contributed by atoms with Crippen molar-refractivity contribution in [3.05, 3.63) is 109 Å². The first-order valence-corrected chi connectivity index (χ1v) is 14.4. The van der Waals surface area contributed by atoms with Gasteiger partial charge in [-0.1, -0.05) is 74.9 Å². The molecule has 0 bridgehead atoms. The van der Waals surface area contributed by atoms with E-state index >= 15 is 0 Å². The highest BCUT2D eigenvalue weighted by Crippen LogP contribution is 2.51. The zero-order valence-corrected chi connectivity index (χ0v) is 25.0. The fourth-order valence-electron chi connectivity index (χ4n) is 5.56. The summed E-state index contributed by atoms with van der Waals surface area (Å²) in [6.45, 7) is 3.70. The molecule has 0 saturated carbocycles. The third kappa shape index (κ3) is 4.19. The Kier molecular flexibility index (Phi) is 6.51. The van der Waals surface area contributed by atoms with E-state index in [2.05, 4.69) is 20.3 Å². The Morgan fingerprint density at radius 3 is 1.62 bits per heavy atom. The Bertz CT molecular complexity index is 2030. The second kappa shape index (κ2) is 10.1. The molecule has 0 radical (unpaired) electrons. The number of halogens is 4. The lowest BCUT2D eigenvalue weighted by Gasteiger charge is -2.21. The molecule has 42 heavy (non-hydrogen) atoms. The number of rotatable bonds is 5. The van der Waals surface area contributed by atoms with Gasteiger partial charge in [-0.15, -0.1) is 0 Å². The van der Waals surface area contributed by atoms with E-state index in [1.165, 1.54) is 0 Å². The molecule has 0 saturated heterocycles. The van der Waals surface area contributed by atoms with Crippen LogP contribution in [0.25, 0.3) is 44.7 Å². The Morgan fingerprint density at radius 2 is 1.17 bits per heavy atom. The summed E-state index contributed by atoms with van der Waals surface area (Å²) in [5.41, 5.74) is 8.37. The molecule has 0 aliphatic rings. The maximum absolute atomic E-state index is 11.3. The van der Waals surface area contributed by atoms with Gasteiger partial charge in [0, 0.05) is 43.8 Å². The maximum atomic E-state index is 11.3. The fourth-order valence-corrected chi connectivity index (χ4v) is 6.57. The van der Waals surface area contributed by atoms with Crippen molar-refractivity contribution in [1.82, 2.24) is 20.3 Å². The topological polar surface area (TPSA) is 104 Å². The molecular weight excluding hydrogens is 618 g/mol. The number of fused-ring (bicyclic) bond motifs is 2. The second-order valence-electron chi connectivity index (χ2n) is 10.0. The van der Waals surface area contributed by atoms with Gasteiger partial charge in [0.2, 0.25) is 0 Å². The van der Waals surface area contributed by atoms with Crippen LogP contribution in [-0.2, 0) is 0 Å². The zero-order chi connectivity index (χ0) is 29.3. The summed E-state index contributed by atoms with van der Waals surface area (Å²) in [4.78, 5) is 6.97. The maximum Gasteiger partial charge on any atom is 0.189 e. The van der Waals surface area contributed by atoms with Crippen molar-refractivity contribution in [2.45, 2.75) is 19.8 Å². The molecule has 3 N–H and O–H groups in total. The van der Waals surface area contributed by atoms with Crippen LogP contribution in [0, 0.1) is 13.8 Å². The van der Waals surface area contributed by atoms with E-state index in [0.29, 0.717) is 92.9 Å². The molecule has 210 valence electrons. The van der Waals surface area contributed by atoms with E-state index in [1.54, 1.807) is 36.4 Å². The number of hydrogen-bond acceptors (Lipinski definition) is 5. The number of aromatic nitrogens is 4. The van der Waals surface area contributed by atoms with Crippen LogP contribution < -0.4 is 0 Å². The smallest absolute Gasteiger partial charge is 0.189 e. The predicted octanol–water partition coefficient (Wildman–Crippen LogP) is 10.1. The first kappa shape index (κ1) is 27.0. The van der Waals surface area contributed by atoms with Crippen LogP contribution in [0.15, 0.2) is 69.7 Å². The molecule has 4 aromatic heterocycles. The van der Waals surface area contributed by atoms with Crippen molar-refractivity contribution < 1.29 is 14.2 Å². The van der Waals surface area contributed by atoms with Gasteiger partial charge in [0.05, 0.1) is 21.4 Å². The number of H-pyrrole nitrogens is 2. The van der Waals surface area contributed by atoms with Crippen molar-refractivity contribution in [1.29, 1.82) is 0 Å². The predicted molar refractivity (Wildman–Crippen MR) is 166 cm³/mol. The number of phenolic OH excluding ortho intramolecular Hbond substituents is 1. The largest absolute Gasteiger partial charge is 0.508 e. The molecule has 11 heteroatoms.